The number of anilines is 1. The highest BCUT2D eigenvalue weighted by Gasteiger charge is 2.06. The molecule has 0 aliphatic heterocycles. The van der Waals surface area contributed by atoms with E-state index in [1.807, 2.05) is 43.3 Å². The Hall–Kier alpha value is -1.52. The molecule has 0 heterocycles. The van der Waals surface area contributed by atoms with Gasteiger partial charge < -0.3 is 10.2 Å². The van der Waals surface area contributed by atoms with Gasteiger partial charge in [0.05, 0.1) is 7.11 Å². The fraction of sp³-hybridized carbons (Fsp3) is 0.200. The van der Waals surface area contributed by atoms with Gasteiger partial charge in [-0.3, -0.25) is 0 Å². The molecule has 0 saturated heterocycles. The molecule has 2 rings (SSSR count). The van der Waals surface area contributed by atoms with Gasteiger partial charge in [-0.15, -0.1) is 0 Å². The molecule has 2 aromatic rings. The van der Waals surface area contributed by atoms with Gasteiger partial charge in [-0.1, -0.05) is 34.1 Å². The molecule has 0 aliphatic carbocycles. The van der Waals surface area contributed by atoms with Crippen LogP contribution in [-0.2, 0) is 6.54 Å². The van der Waals surface area contributed by atoms with Crippen molar-refractivity contribution in [1.29, 1.82) is 0 Å². The highest BCUT2D eigenvalue weighted by Crippen LogP contribution is 2.26. The third kappa shape index (κ3) is 3.72. The van der Waals surface area contributed by atoms with Gasteiger partial charge in [0, 0.05) is 22.3 Å². The molecule has 19 heavy (non-hydrogen) atoms. The van der Waals surface area contributed by atoms with Gasteiger partial charge >= 0.3 is 0 Å². The molecule has 0 aliphatic rings. The van der Waals surface area contributed by atoms with E-state index in [9.17, 15) is 0 Å². The lowest BCUT2D eigenvalue weighted by Gasteiger charge is -2.13. The second-order valence-electron chi connectivity index (χ2n) is 4.26. The number of hydrogen-bond donors (Lipinski definition) is 2. The quantitative estimate of drug-likeness (QED) is 0.820. The maximum atomic E-state index is 5.40. The Bertz CT molecular complexity index is 543. The smallest absolute Gasteiger partial charge is 0.123 e. The standard InChI is InChI=1S/C15H17BrN2O/c1-11-8-15(19-2)12(9-14(11)16)10-17-18-13-6-4-3-5-7-13/h3-9,17-18H,10H2,1-2H3. The largest absolute Gasteiger partial charge is 0.496 e. The van der Waals surface area contributed by atoms with Gasteiger partial charge in [-0.05, 0) is 36.8 Å². The number of rotatable bonds is 5. The molecule has 100 valence electrons. The van der Waals surface area contributed by atoms with Crippen LogP contribution in [0.15, 0.2) is 46.9 Å². The van der Waals surface area contributed by atoms with E-state index in [1.54, 1.807) is 7.11 Å². The molecule has 3 nitrogen and oxygen atoms in total. The Morgan fingerprint density at radius 2 is 1.89 bits per heavy atom. The maximum Gasteiger partial charge on any atom is 0.123 e. The van der Waals surface area contributed by atoms with Gasteiger partial charge in [0.2, 0.25) is 0 Å². The van der Waals surface area contributed by atoms with E-state index in [4.69, 9.17) is 4.74 Å². The minimum absolute atomic E-state index is 0.678. The molecule has 0 amide bonds. The van der Waals surface area contributed by atoms with Crippen molar-refractivity contribution < 1.29 is 4.74 Å². The average molecular weight is 321 g/mol. The summed E-state index contributed by atoms with van der Waals surface area (Å²) < 4.78 is 6.48. The second kappa shape index (κ2) is 6.59. The zero-order valence-corrected chi connectivity index (χ0v) is 12.6. The molecule has 2 N–H and O–H groups in total. The molecule has 0 atom stereocenters. The molecule has 0 radical (unpaired) electrons. The van der Waals surface area contributed by atoms with Crippen molar-refractivity contribution in [2.45, 2.75) is 13.5 Å². The van der Waals surface area contributed by atoms with Crippen molar-refractivity contribution in [3.05, 3.63) is 58.1 Å². The molecule has 4 heteroatoms. The van der Waals surface area contributed by atoms with Gasteiger partial charge in [0.25, 0.3) is 0 Å². The summed E-state index contributed by atoms with van der Waals surface area (Å²) in [6.45, 7) is 2.73. The van der Waals surface area contributed by atoms with Crippen LogP contribution in [0.5, 0.6) is 5.75 Å². The first-order valence-electron chi connectivity index (χ1n) is 6.07. The third-order valence-corrected chi connectivity index (χ3v) is 3.70. The third-order valence-electron chi connectivity index (χ3n) is 2.85. The van der Waals surface area contributed by atoms with E-state index in [0.29, 0.717) is 6.54 Å². The first kappa shape index (κ1) is 13.9. The number of para-hydroxylation sites is 1. The summed E-state index contributed by atoms with van der Waals surface area (Å²) in [5.41, 5.74) is 9.64. The fourth-order valence-corrected chi connectivity index (χ4v) is 2.18. The lowest BCUT2D eigenvalue weighted by molar-refractivity contribution is 0.408. The van der Waals surface area contributed by atoms with Crippen LogP contribution in [0.4, 0.5) is 5.69 Å². The van der Waals surface area contributed by atoms with Crippen LogP contribution >= 0.6 is 15.9 Å². The van der Waals surface area contributed by atoms with E-state index in [1.165, 1.54) is 0 Å². The normalized spacial score (nSPS) is 10.3. The van der Waals surface area contributed by atoms with Gasteiger partial charge in [-0.25, -0.2) is 5.43 Å². The molecule has 0 unspecified atom stereocenters. The van der Waals surface area contributed by atoms with Gasteiger partial charge in [0.15, 0.2) is 0 Å². The van der Waals surface area contributed by atoms with Crippen LogP contribution in [0.3, 0.4) is 0 Å². The predicted octanol–water partition coefficient (Wildman–Crippen LogP) is 3.88. The zero-order chi connectivity index (χ0) is 13.7. The van der Waals surface area contributed by atoms with Crippen molar-refractivity contribution in [2.75, 3.05) is 12.5 Å². The first-order chi connectivity index (χ1) is 9.20. The van der Waals surface area contributed by atoms with Crippen LogP contribution in [0.1, 0.15) is 11.1 Å². The van der Waals surface area contributed by atoms with E-state index in [0.717, 1.165) is 27.0 Å². The Labute approximate surface area is 122 Å². The minimum atomic E-state index is 0.678. The van der Waals surface area contributed by atoms with E-state index in [-0.39, 0.29) is 0 Å². The first-order valence-corrected chi connectivity index (χ1v) is 6.87. The van der Waals surface area contributed by atoms with Crippen molar-refractivity contribution in [2.24, 2.45) is 0 Å². The molecule has 0 spiro atoms. The summed E-state index contributed by atoms with van der Waals surface area (Å²) in [5, 5.41) is 0. The lowest BCUT2D eigenvalue weighted by Crippen LogP contribution is -2.21. The Kier molecular flexibility index (Phi) is 4.82. The molecule has 0 aromatic heterocycles. The molecule has 2 aromatic carbocycles. The number of hydrogen-bond acceptors (Lipinski definition) is 3. The predicted molar refractivity (Wildman–Crippen MR) is 82.3 cm³/mol. The van der Waals surface area contributed by atoms with E-state index in [2.05, 4.69) is 32.8 Å². The van der Waals surface area contributed by atoms with Crippen LogP contribution in [0.2, 0.25) is 0 Å². The van der Waals surface area contributed by atoms with Crippen LogP contribution in [-0.4, -0.2) is 7.11 Å². The number of ether oxygens (including phenoxy) is 1. The Morgan fingerprint density at radius 3 is 2.58 bits per heavy atom. The van der Waals surface area contributed by atoms with Crippen molar-refractivity contribution >= 4 is 21.6 Å². The fourth-order valence-electron chi connectivity index (χ4n) is 1.79. The zero-order valence-electron chi connectivity index (χ0n) is 11.0. The van der Waals surface area contributed by atoms with Crippen LogP contribution in [0.25, 0.3) is 0 Å². The summed E-state index contributed by atoms with van der Waals surface area (Å²) >= 11 is 3.54. The molecule has 0 saturated carbocycles. The van der Waals surface area contributed by atoms with Crippen molar-refractivity contribution in [1.82, 2.24) is 5.43 Å². The van der Waals surface area contributed by atoms with Gasteiger partial charge in [-0.2, -0.15) is 0 Å². The summed E-state index contributed by atoms with van der Waals surface area (Å²) in [6, 6.07) is 14.1. The van der Waals surface area contributed by atoms with E-state index >= 15 is 0 Å². The summed E-state index contributed by atoms with van der Waals surface area (Å²) in [7, 11) is 1.69. The number of benzene rings is 2. The topological polar surface area (TPSA) is 33.3 Å². The highest BCUT2D eigenvalue weighted by atomic mass is 79.9. The summed E-state index contributed by atoms with van der Waals surface area (Å²) in [4.78, 5) is 0. The Morgan fingerprint density at radius 1 is 1.16 bits per heavy atom. The second-order valence-corrected chi connectivity index (χ2v) is 5.11. The Balaban J connectivity index is 2.01. The van der Waals surface area contributed by atoms with Crippen molar-refractivity contribution in [3.63, 3.8) is 0 Å². The maximum absolute atomic E-state index is 5.40. The molecular weight excluding hydrogens is 304 g/mol. The number of halogens is 1. The van der Waals surface area contributed by atoms with Crippen molar-refractivity contribution in [3.8, 4) is 5.75 Å². The highest BCUT2D eigenvalue weighted by molar-refractivity contribution is 9.10. The van der Waals surface area contributed by atoms with Crippen LogP contribution in [0, 0.1) is 6.92 Å². The summed E-state index contributed by atoms with van der Waals surface area (Å²) in [5.74, 6) is 0.892. The number of nitrogens with one attached hydrogen (secondary N) is 2. The minimum Gasteiger partial charge on any atom is -0.496 e. The number of aryl methyl sites for hydroxylation is 1. The SMILES string of the molecule is COc1cc(C)c(Br)cc1CNNc1ccccc1. The lowest BCUT2D eigenvalue weighted by atomic mass is 10.1. The number of hydrazine groups is 1. The molecule has 0 bridgehead atoms. The average Bonchev–Trinajstić information content (AvgIpc) is 2.43. The van der Waals surface area contributed by atoms with E-state index < -0.39 is 0 Å². The number of methoxy groups -OCH3 is 1. The molecule has 0 fully saturated rings. The van der Waals surface area contributed by atoms with Crippen LogP contribution < -0.4 is 15.6 Å². The van der Waals surface area contributed by atoms with Gasteiger partial charge in [0.1, 0.15) is 5.75 Å². The molecular formula is C15H17BrN2O. The summed E-state index contributed by atoms with van der Waals surface area (Å²) in [6.07, 6.45) is 0. The monoisotopic (exact) mass is 320 g/mol.